The van der Waals surface area contributed by atoms with Crippen molar-refractivity contribution in [1.82, 2.24) is 0 Å². The maximum absolute atomic E-state index is 11.8. The first-order valence-electron chi connectivity index (χ1n) is 7.50. The van der Waals surface area contributed by atoms with E-state index in [-0.39, 0.29) is 11.6 Å². The van der Waals surface area contributed by atoms with Gasteiger partial charge in [0, 0.05) is 5.92 Å². The van der Waals surface area contributed by atoms with Gasteiger partial charge in [0.25, 0.3) is 0 Å². The second-order valence-electron chi connectivity index (χ2n) is 7.98. The van der Waals surface area contributed by atoms with Crippen molar-refractivity contribution in [2.45, 2.75) is 71.8 Å². The third-order valence-corrected chi connectivity index (χ3v) is 6.46. The van der Waals surface area contributed by atoms with Crippen LogP contribution in [0.1, 0.15) is 66.2 Å². The summed E-state index contributed by atoms with van der Waals surface area (Å²) in [5.41, 5.74) is 0.566. The van der Waals surface area contributed by atoms with Gasteiger partial charge in [0.1, 0.15) is 5.60 Å². The van der Waals surface area contributed by atoms with E-state index in [1.54, 1.807) is 0 Å². The molecule has 1 saturated heterocycles. The van der Waals surface area contributed by atoms with E-state index in [1.807, 2.05) is 0 Å². The van der Waals surface area contributed by atoms with Gasteiger partial charge in [-0.05, 0) is 49.4 Å². The van der Waals surface area contributed by atoms with E-state index in [0.29, 0.717) is 23.2 Å². The molecule has 3 aliphatic rings. The Morgan fingerprint density at radius 2 is 1.78 bits per heavy atom. The van der Waals surface area contributed by atoms with Crippen LogP contribution in [0.2, 0.25) is 0 Å². The summed E-state index contributed by atoms with van der Waals surface area (Å²) in [5.74, 6) is 1.23. The van der Waals surface area contributed by atoms with Crippen molar-refractivity contribution in [2.24, 2.45) is 22.7 Å². The van der Waals surface area contributed by atoms with Crippen LogP contribution in [-0.4, -0.2) is 11.6 Å². The van der Waals surface area contributed by atoms with E-state index < -0.39 is 0 Å². The number of esters is 1. The van der Waals surface area contributed by atoms with Gasteiger partial charge in [-0.15, -0.1) is 0 Å². The van der Waals surface area contributed by atoms with Gasteiger partial charge in [-0.3, -0.25) is 4.79 Å². The zero-order valence-corrected chi connectivity index (χ0v) is 12.2. The molecule has 0 N–H and O–H groups in total. The van der Waals surface area contributed by atoms with E-state index in [0.717, 1.165) is 12.3 Å². The molecule has 1 aliphatic heterocycles. The quantitative estimate of drug-likeness (QED) is 0.609. The highest BCUT2D eigenvalue weighted by Gasteiger charge is 2.62. The van der Waals surface area contributed by atoms with Crippen LogP contribution in [-0.2, 0) is 9.53 Å². The highest BCUT2D eigenvalue weighted by atomic mass is 16.6. The number of ether oxygens (including phenoxy) is 1. The number of carbonyl (C=O) groups is 1. The van der Waals surface area contributed by atoms with E-state index in [2.05, 4.69) is 27.7 Å². The first-order chi connectivity index (χ1) is 8.28. The van der Waals surface area contributed by atoms with Crippen molar-refractivity contribution in [3.05, 3.63) is 0 Å². The monoisotopic (exact) mass is 250 g/mol. The normalized spacial score (nSPS) is 50.3. The van der Waals surface area contributed by atoms with Gasteiger partial charge in [-0.25, -0.2) is 0 Å². The molecule has 4 atom stereocenters. The maximum atomic E-state index is 11.8. The van der Waals surface area contributed by atoms with Crippen LogP contribution in [0.4, 0.5) is 0 Å². The van der Waals surface area contributed by atoms with Gasteiger partial charge in [0.15, 0.2) is 0 Å². The number of hydrogen-bond acceptors (Lipinski definition) is 2. The molecule has 2 saturated carbocycles. The Balaban J connectivity index is 2.00. The molecular formula is C16H26O2. The topological polar surface area (TPSA) is 26.3 Å². The Hall–Kier alpha value is -0.530. The molecule has 2 heteroatoms. The Labute approximate surface area is 110 Å². The highest BCUT2D eigenvalue weighted by Crippen LogP contribution is 2.64. The number of rotatable bonds is 0. The van der Waals surface area contributed by atoms with E-state index in [1.165, 1.54) is 25.7 Å². The average molecular weight is 250 g/mol. The molecule has 0 spiro atoms. The molecule has 102 valence electrons. The molecule has 3 rings (SSSR count). The summed E-state index contributed by atoms with van der Waals surface area (Å²) in [7, 11) is 0. The predicted molar refractivity (Wildman–Crippen MR) is 71.1 cm³/mol. The molecular weight excluding hydrogens is 224 g/mol. The molecule has 0 aromatic carbocycles. The molecule has 0 amide bonds. The summed E-state index contributed by atoms with van der Waals surface area (Å²) in [4.78, 5) is 11.8. The third-order valence-electron chi connectivity index (χ3n) is 6.46. The first-order valence-corrected chi connectivity index (χ1v) is 7.50. The SMILES string of the molecule is CC1(C)CCCC2(C)C1CC[C@]1(C)OC(=O)C[C@@H]21. The van der Waals surface area contributed by atoms with Crippen molar-refractivity contribution < 1.29 is 9.53 Å². The molecule has 2 unspecified atom stereocenters. The molecule has 2 nitrogen and oxygen atoms in total. The summed E-state index contributed by atoms with van der Waals surface area (Å²) in [6.45, 7) is 9.46. The predicted octanol–water partition coefficient (Wildman–Crippen LogP) is 3.93. The molecule has 0 aromatic heterocycles. The van der Waals surface area contributed by atoms with Crippen LogP contribution in [0.3, 0.4) is 0 Å². The van der Waals surface area contributed by atoms with Gasteiger partial charge in [0.05, 0.1) is 6.42 Å². The smallest absolute Gasteiger partial charge is 0.306 e. The van der Waals surface area contributed by atoms with E-state index in [9.17, 15) is 4.79 Å². The lowest BCUT2D eigenvalue weighted by atomic mass is 9.45. The molecule has 18 heavy (non-hydrogen) atoms. The lowest BCUT2D eigenvalue weighted by molar-refractivity contribution is -0.164. The molecule has 1 heterocycles. The van der Waals surface area contributed by atoms with Crippen LogP contribution < -0.4 is 0 Å². The van der Waals surface area contributed by atoms with Gasteiger partial charge >= 0.3 is 5.97 Å². The van der Waals surface area contributed by atoms with E-state index in [4.69, 9.17) is 4.74 Å². The van der Waals surface area contributed by atoms with Crippen molar-refractivity contribution in [3.8, 4) is 0 Å². The van der Waals surface area contributed by atoms with Crippen LogP contribution >= 0.6 is 0 Å². The second-order valence-corrected chi connectivity index (χ2v) is 7.98. The molecule has 0 bridgehead atoms. The fraction of sp³-hybridized carbons (Fsp3) is 0.938. The van der Waals surface area contributed by atoms with Gasteiger partial charge in [0.2, 0.25) is 0 Å². The Morgan fingerprint density at radius 3 is 2.50 bits per heavy atom. The fourth-order valence-electron chi connectivity index (χ4n) is 5.65. The maximum Gasteiger partial charge on any atom is 0.306 e. The Bertz CT molecular complexity index is 387. The highest BCUT2D eigenvalue weighted by molar-refractivity contribution is 5.73. The van der Waals surface area contributed by atoms with E-state index >= 15 is 0 Å². The number of fused-ring (bicyclic) bond motifs is 3. The standard InChI is InChI=1S/C16H26O2/c1-14(2)7-5-8-15(3)11(14)6-9-16(4)12(15)10-13(17)18-16/h11-12H,5-10H2,1-4H3/t11?,12-,15?,16-/m0/s1. The minimum Gasteiger partial charge on any atom is -0.459 e. The summed E-state index contributed by atoms with van der Waals surface area (Å²) in [6.07, 6.45) is 6.86. The van der Waals surface area contributed by atoms with Crippen LogP contribution in [0.15, 0.2) is 0 Å². The molecule has 2 aliphatic carbocycles. The van der Waals surface area contributed by atoms with Crippen LogP contribution in [0.5, 0.6) is 0 Å². The summed E-state index contributed by atoms with van der Waals surface area (Å²) in [5, 5.41) is 0. The van der Waals surface area contributed by atoms with Gasteiger partial charge in [-0.2, -0.15) is 0 Å². The minimum absolute atomic E-state index is 0.0350. The largest absolute Gasteiger partial charge is 0.459 e. The zero-order chi connectivity index (χ0) is 13.2. The fourth-order valence-corrected chi connectivity index (χ4v) is 5.65. The van der Waals surface area contributed by atoms with Crippen molar-refractivity contribution in [2.75, 3.05) is 0 Å². The number of carbonyl (C=O) groups excluding carboxylic acids is 1. The first kappa shape index (κ1) is 12.5. The minimum atomic E-state index is -0.171. The zero-order valence-electron chi connectivity index (χ0n) is 12.2. The average Bonchev–Trinajstić information content (AvgIpc) is 2.53. The van der Waals surface area contributed by atoms with Crippen molar-refractivity contribution >= 4 is 5.97 Å². The summed E-state index contributed by atoms with van der Waals surface area (Å²) >= 11 is 0. The number of hydrogen-bond donors (Lipinski definition) is 0. The third kappa shape index (κ3) is 1.50. The van der Waals surface area contributed by atoms with Gasteiger partial charge in [-0.1, -0.05) is 27.2 Å². The summed E-state index contributed by atoms with van der Waals surface area (Å²) in [6, 6.07) is 0. The Kier molecular flexibility index (Phi) is 2.44. The Morgan fingerprint density at radius 1 is 1.06 bits per heavy atom. The lowest BCUT2D eigenvalue weighted by Gasteiger charge is -2.59. The second kappa shape index (κ2) is 3.52. The lowest BCUT2D eigenvalue weighted by Crippen LogP contribution is -2.55. The molecule has 0 aromatic rings. The van der Waals surface area contributed by atoms with Crippen molar-refractivity contribution in [1.29, 1.82) is 0 Å². The van der Waals surface area contributed by atoms with Crippen molar-refractivity contribution in [3.63, 3.8) is 0 Å². The van der Waals surface area contributed by atoms with Gasteiger partial charge < -0.3 is 4.74 Å². The van der Waals surface area contributed by atoms with Crippen LogP contribution in [0.25, 0.3) is 0 Å². The summed E-state index contributed by atoms with van der Waals surface area (Å²) < 4.78 is 5.70. The van der Waals surface area contributed by atoms with Crippen LogP contribution in [0, 0.1) is 22.7 Å². The molecule has 0 radical (unpaired) electrons. The molecule has 3 fully saturated rings.